The quantitative estimate of drug-likeness (QED) is 0.799. The van der Waals surface area contributed by atoms with Crippen LogP contribution < -0.4 is 5.32 Å². The summed E-state index contributed by atoms with van der Waals surface area (Å²) in [5, 5.41) is 3.51. The lowest BCUT2D eigenvalue weighted by molar-refractivity contribution is 0.578. The third-order valence-electron chi connectivity index (χ3n) is 3.16. The summed E-state index contributed by atoms with van der Waals surface area (Å²) in [6.45, 7) is 2.98. The van der Waals surface area contributed by atoms with E-state index in [0.29, 0.717) is 5.88 Å². The molecule has 0 saturated carbocycles. The first-order chi connectivity index (χ1) is 8.81. The Morgan fingerprint density at radius 3 is 2.33 bits per heavy atom. The van der Waals surface area contributed by atoms with E-state index in [1.54, 1.807) is 0 Å². The average molecular weight is 260 g/mol. The van der Waals surface area contributed by atoms with E-state index in [1.165, 1.54) is 16.7 Å². The van der Waals surface area contributed by atoms with Gasteiger partial charge in [-0.15, -0.1) is 11.6 Å². The zero-order valence-corrected chi connectivity index (χ0v) is 11.3. The molecule has 0 radical (unpaired) electrons. The molecule has 0 amide bonds. The summed E-state index contributed by atoms with van der Waals surface area (Å²) in [7, 11) is 0. The molecule has 2 aromatic rings. The Morgan fingerprint density at radius 1 is 1.00 bits per heavy atom. The topological polar surface area (TPSA) is 12.0 Å². The highest BCUT2D eigenvalue weighted by atomic mass is 35.5. The van der Waals surface area contributed by atoms with Crippen molar-refractivity contribution in [2.75, 3.05) is 5.88 Å². The number of aryl methyl sites for hydroxylation is 1. The molecule has 1 unspecified atom stereocenters. The zero-order chi connectivity index (χ0) is 12.8. The number of nitrogens with one attached hydrogen (secondary N) is 1. The minimum Gasteiger partial charge on any atom is -0.305 e. The molecule has 18 heavy (non-hydrogen) atoms. The van der Waals surface area contributed by atoms with E-state index in [0.717, 1.165) is 6.54 Å². The number of benzene rings is 2. The van der Waals surface area contributed by atoms with E-state index in [-0.39, 0.29) is 6.04 Å². The highest BCUT2D eigenvalue weighted by Crippen LogP contribution is 2.15. The van der Waals surface area contributed by atoms with Gasteiger partial charge >= 0.3 is 0 Å². The Kier molecular flexibility index (Phi) is 4.80. The van der Waals surface area contributed by atoms with Gasteiger partial charge in [0.05, 0.1) is 0 Å². The van der Waals surface area contributed by atoms with Crippen LogP contribution in [-0.2, 0) is 6.54 Å². The number of hydrogen-bond donors (Lipinski definition) is 1. The Bertz CT molecular complexity index is 481. The lowest BCUT2D eigenvalue weighted by Gasteiger charge is -2.17. The van der Waals surface area contributed by atoms with Gasteiger partial charge in [-0.05, 0) is 23.6 Å². The predicted molar refractivity (Wildman–Crippen MR) is 77.9 cm³/mol. The largest absolute Gasteiger partial charge is 0.305 e. The van der Waals surface area contributed by atoms with Gasteiger partial charge < -0.3 is 5.32 Å². The van der Waals surface area contributed by atoms with Gasteiger partial charge in [0.1, 0.15) is 0 Å². The molecule has 0 heterocycles. The van der Waals surface area contributed by atoms with E-state index in [2.05, 4.69) is 48.6 Å². The fourth-order valence-corrected chi connectivity index (χ4v) is 2.28. The van der Waals surface area contributed by atoms with Crippen LogP contribution in [-0.4, -0.2) is 5.88 Å². The minimum atomic E-state index is 0.201. The summed E-state index contributed by atoms with van der Waals surface area (Å²) < 4.78 is 0. The Morgan fingerprint density at radius 2 is 1.67 bits per heavy atom. The van der Waals surface area contributed by atoms with Crippen LogP contribution in [0.2, 0.25) is 0 Å². The van der Waals surface area contributed by atoms with Gasteiger partial charge in [0.2, 0.25) is 0 Å². The number of rotatable bonds is 5. The van der Waals surface area contributed by atoms with Crippen molar-refractivity contribution in [3.8, 4) is 0 Å². The third-order valence-corrected chi connectivity index (χ3v) is 3.47. The molecule has 1 nitrogen and oxygen atoms in total. The first-order valence-electron chi connectivity index (χ1n) is 6.20. The second-order valence-corrected chi connectivity index (χ2v) is 4.73. The second kappa shape index (κ2) is 6.58. The maximum absolute atomic E-state index is 6.05. The lowest BCUT2D eigenvalue weighted by atomic mass is 10.1. The highest BCUT2D eigenvalue weighted by molar-refractivity contribution is 6.18. The minimum absolute atomic E-state index is 0.201. The Labute approximate surface area is 114 Å². The van der Waals surface area contributed by atoms with Crippen molar-refractivity contribution in [3.05, 3.63) is 71.3 Å². The number of halogens is 1. The normalized spacial score (nSPS) is 12.3. The van der Waals surface area contributed by atoms with Crippen LogP contribution in [0.25, 0.3) is 0 Å². The highest BCUT2D eigenvalue weighted by Gasteiger charge is 2.09. The van der Waals surface area contributed by atoms with Crippen LogP contribution in [0, 0.1) is 6.92 Å². The van der Waals surface area contributed by atoms with E-state index in [9.17, 15) is 0 Å². The maximum Gasteiger partial charge on any atom is 0.0460 e. The molecule has 2 heteroatoms. The standard InChI is InChI=1S/C16H18ClN/c1-13-7-5-6-10-15(13)12-18-16(11-17)14-8-3-2-4-9-14/h2-10,16,18H,11-12H2,1H3. The summed E-state index contributed by atoms with van der Waals surface area (Å²) in [5.41, 5.74) is 3.87. The molecule has 0 spiro atoms. The molecule has 0 aliphatic carbocycles. The van der Waals surface area contributed by atoms with Crippen LogP contribution in [0.4, 0.5) is 0 Å². The van der Waals surface area contributed by atoms with Crippen LogP contribution in [0.1, 0.15) is 22.7 Å². The van der Waals surface area contributed by atoms with Crippen LogP contribution in [0.3, 0.4) is 0 Å². The molecule has 0 saturated heterocycles. The van der Waals surface area contributed by atoms with Crippen LogP contribution in [0.15, 0.2) is 54.6 Å². The molecule has 94 valence electrons. The third kappa shape index (κ3) is 3.34. The summed E-state index contributed by atoms with van der Waals surface area (Å²) in [6.07, 6.45) is 0. The Balaban J connectivity index is 2.02. The fraction of sp³-hybridized carbons (Fsp3) is 0.250. The SMILES string of the molecule is Cc1ccccc1CNC(CCl)c1ccccc1. The smallest absolute Gasteiger partial charge is 0.0460 e. The molecule has 0 aliphatic rings. The Hall–Kier alpha value is -1.31. The number of hydrogen-bond acceptors (Lipinski definition) is 1. The van der Waals surface area contributed by atoms with Crippen molar-refractivity contribution in [3.63, 3.8) is 0 Å². The van der Waals surface area contributed by atoms with Gasteiger partial charge in [-0.3, -0.25) is 0 Å². The van der Waals surface area contributed by atoms with E-state index < -0.39 is 0 Å². The molecule has 1 N–H and O–H groups in total. The van der Waals surface area contributed by atoms with E-state index in [4.69, 9.17) is 11.6 Å². The van der Waals surface area contributed by atoms with Crippen molar-refractivity contribution >= 4 is 11.6 Å². The van der Waals surface area contributed by atoms with Gasteiger partial charge in [0, 0.05) is 18.5 Å². The maximum atomic E-state index is 6.05. The first kappa shape index (κ1) is 13.1. The van der Waals surface area contributed by atoms with Crippen molar-refractivity contribution < 1.29 is 0 Å². The summed E-state index contributed by atoms with van der Waals surface area (Å²) in [5.74, 6) is 0.579. The average Bonchev–Trinajstić information content (AvgIpc) is 2.42. The van der Waals surface area contributed by atoms with Crippen molar-refractivity contribution in [2.24, 2.45) is 0 Å². The zero-order valence-electron chi connectivity index (χ0n) is 10.6. The van der Waals surface area contributed by atoms with Crippen molar-refractivity contribution in [1.29, 1.82) is 0 Å². The molecule has 0 bridgehead atoms. The van der Waals surface area contributed by atoms with Crippen LogP contribution in [0.5, 0.6) is 0 Å². The molecule has 1 atom stereocenters. The first-order valence-corrected chi connectivity index (χ1v) is 6.73. The van der Waals surface area contributed by atoms with E-state index >= 15 is 0 Å². The molecular formula is C16H18ClN. The van der Waals surface area contributed by atoms with Gasteiger partial charge in [-0.2, -0.15) is 0 Å². The molecular weight excluding hydrogens is 242 g/mol. The lowest BCUT2D eigenvalue weighted by Crippen LogP contribution is -2.22. The van der Waals surface area contributed by atoms with Gasteiger partial charge in [0.15, 0.2) is 0 Å². The summed E-state index contributed by atoms with van der Waals surface area (Å²) >= 11 is 6.05. The van der Waals surface area contributed by atoms with Gasteiger partial charge in [-0.25, -0.2) is 0 Å². The van der Waals surface area contributed by atoms with Gasteiger partial charge in [-0.1, -0.05) is 54.6 Å². The van der Waals surface area contributed by atoms with Crippen LogP contribution >= 0.6 is 11.6 Å². The molecule has 2 rings (SSSR count). The predicted octanol–water partition coefficient (Wildman–Crippen LogP) is 4.06. The molecule has 0 aromatic heterocycles. The van der Waals surface area contributed by atoms with Gasteiger partial charge in [0.25, 0.3) is 0 Å². The molecule has 2 aromatic carbocycles. The second-order valence-electron chi connectivity index (χ2n) is 4.42. The van der Waals surface area contributed by atoms with Crippen molar-refractivity contribution in [2.45, 2.75) is 19.5 Å². The fourth-order valence-electron chi connectivity index (χ4n) is 1.99. The monoisotopic (exact) mass is 259 g/mol. The molecule has 0 fully saturated rings. The molecule has 0 aliphatic heterocycles. The van der Waals surface area contributed by atoms with Crippen molar-refractivity contribution in [1.82, 2.24) is 5.32 Å². The summed E-state index contributed by atoms with van der Waals surface area (Å²) in [4.78, 5) is 0. The van der Waals surface area contributed by atoms with E-state index in [1.807, 2.05) is 18.2 Å². The summed E-state index contributed by atoms with van der Waals surface area (Å²) in [6, 6.07) is 19.0. The number of alkyl halides is 1.